The molecule has 0 aliphatic heterocycles. The normalized spacial score (nSPS) is 12.4. The van der Waals surface area contributed by atoms with Gasteiger partial charge in [0.2, 0.25) is 11.8 Å². The van der Waals surface area contributed by atoms with Crippen molar-refractivity contribution in [3.8, 4) is 11.5 Å². The van der Waals surface area contributed by atoms with Crippen LogP contribution in [-0.2, 0) is 23.9 Å². The van der Waals surface area contributed by atoms with Gasteiger partial charge in [-0.25, -0.2) is 0 Å². The number of hydrogen-bond donors (Lipinski definition) is 1. The molecule has 4 nitrogen and oxygen atoms in total. The fourth-order valence-electron chi connectivity index (χ4n) is 2.97. The maximum atomic E-state index is 5.96. The summed E-state index contributed by atoms with van der Waals surface area (Å²) in [5, 5.41) is 11.9. The van der Waals surface area contributed by atoms with Gasteiger partial charge in [-0.2, -0.15) is 0 Å². The van der Waals surface area contributed by atoms with Crippen molar-refractivity contribution in [3.05, 3.63) is 71.1 Å². The van der Waals surface area contributed by atoms with E-state index >= 15 is 0 Å². The van der Waals surface area contributed by atoms with Gasteiger partial charge >= 0.3 is 0 Å². The summed E-state index contributed by atoms with van der Waals surface area (Å²) >= 11 is 0. The lowest BCUT2D eigenvalue weighted by molar-refractivity contribution is 0.477. The standard InChI is InChI=1S/C24H31N3O/c1-23(2,3)19-12-18(13-20(14-19)24(4,5)6)22-27-26-21(28-22)16-25-15-17-10-8-7-9-11-17/h7-14,25H,15-16H2,1-6H3. The zero-order chi connectivity index (χ0) is 20.4. The molecular formula is C24H31N3O. The molecule has 3 aromatic rings. The molecule has 0 saturated heterocycles. The second kappa shape index (κ2) is 7.88. The van der Waals surface area contributed by atoms with E-state index in [0.29, 0.717) is 18.3 Å². The molecule has 0 spiro atoms. The summed E-state index contributed by atoms with van der Waals surface area (Å²) in [7, 11) is 0. The minimum Gasteiger partial charge on any atom is -0.419 e. The monoisotopic (exact) mass is 377 g/mol. The fraction of sp³-hybridized carbons (Fsp3) is 0.417. The van der Waals surface area contributed by atoms with Crippen LogP contribution in [0.4, 0.5) is 0 Å². The molecule has 2 aromatic carbocycles. The molecule has 1 aromatic heterocycles. The molecule has 0 amide bonds. The minimum absolute atomic E-state index is 0.0517. The molecule has 0 saturated carbocycles. The van der Waals surface area contributed by atoms with Crippen molar-refractivity contribution in [2.45, 2.75) is 65.5 Å². The van der Waals surface area contributed by atoms with Crippen LogP contribution in [0, 0.1) is 0 Å². The van der Waals surface area contributed by atoms with E-state index in [1.54, 1.807) is 0 Å². The number of hydrogen-bond acceptors (Lipinski definition) is 4. The van der Waals surface area contributed by atoms with Gasteiger partial charge < -0.3 is 9.73 Å². The van der Waals surface area contributed by atoms with Crippen molar-refractivity contribution in [1.82, 2.24) is 15.5 Å². The SMILES string of the molecule is CC(C)(C)c1cc(-c2nnc(CNCc3ccccc3)o2)cc(C(C)(C)C)c1. The first-order valence-corrected chi connectivity index (χ1v) is 9.86. The molecule has 28 heavy (non-hydrogen) atoms. The van der Waals surface area contributed by atoms with E-state index in [0.717, 1.165) is 12.1 Å². The first-order chi connectivity index (χ1) is 13.1. The predicted molar refractivity (Wildman–Crippen MR) is 114 cm³/mol. The first kappa shape index (κ1) is 20.3. The third-order valence-corrected chi connectivity index (χ3v) is 4.83. The van der Waals surface area contributed by atoms with Crippen LogP contribution in [-0.4, -0.2) is 10.2 Å². The summed E-state index contributed by atoms with van der Waals surface area (Å²) in [6.45, 7) is 14.7. The van der Waals surface area contributed by atoms with E-state index in [9.17, 15) is 0 Å². The summed E-state index contributed by atoms with van der Waals surface area (Å²) in [4.78, 5) is 0. The first-order valence-electron chi connectivity index (χ1n) is 9.86. The van der Waals surface area contributed by atoms with Crippen LogP contribution in [0.2, 0.25) is 0 Å². The van der Waals surface area contributed by atoms with Gasteiger partial charge in [-0.15, -0.1) is 10.2 Å². The number of nitrogens with one attached hydrogen (secondary N) is 1. The highest BCUT2D eigenvalue weighted by atomic mass is 16.4. The van der Waals surface area contributed by atoms with Gasteiger partial charge in [0.1, 0.15) is 0 Å². The average Bonchev–Trinajstić information content (AvgIpc) is 3.10. The van der Waals surface area contributed by atoms with E-state index in [-0.39, 0.29) is 10.8 Å². The topological polar surface area (TPSA) is 51.0 Å². The average molecular weight is 378 g/mol. The van der Waals surface area contributed by atoms with Crippen LogP contribution in [0.25, 0.3) is 11.5 Å². The third kappa shape index (κ3) is 5.08. The zero-order valence-corrected chi connectivity index (χ0v) is 17.8. The van der Waals surface area contributed by atoms with Crippen LogP contribution in [0.15, 0.2) is 52.9 Å². The fourth-order valence-corrected chi connectivity index (χ4v) is 2.97. The Labute approximate surface area is 168 Å². The maximum absolute atomic E-state index is 5.96. The predicted octanol–water partition coefficient (Wildman–Crippen LogP) is 5.62. The van der Waals surface area contributed by atoms with E-state index in [4.69, 9.17) is 4.42 Å². The molecule has 0 radical (unpaired) electrons. The Morgan fingerprint density at radius 1 is 0.786 bits per heavy atom. The zero-order valence-electron chi connectivity index (χ0n) is 17.8. The quantitative estimate of drug-likeness (QED) is 0.627. The van der Waals surface area contributed by atoms with Gasteiger partial charge in [-0.1, -0.05) is 77.9 Å². The van der Waals surface area contributed by atoms with Gasteiger partial charge in [-0.3, -0.25) is 0 Å². The molecule has 3 rings (SSSR count). The summed E-state index contributed by atoms with van der Waals surface area (Å²) in [6.07, 6.45) is 0. The largest absolute Gasteiger partial charge is 0.419 e. The Morgan fingerprint density at radius 3 is 1.96 bits per heavy atom. The summed E-state index contributed by atoms with van der Waals surface area (Å²) in [6, 6.07) is 16.9. The molecule has 1 N–H and O–H groups in total. The van der Waals surface area contributed by atoms with Crippen LogP contribution >= 0.6 is 0 Å². The Hall–Kier alpha value is -2.46. The number of aromatic nitrogens is 2. The van der Waals surface area contributed by atoms with Crippen molar-refractivity contribution in [2.24, 2.45) is 0 Å². The van der Waals surface area contributed by atoms with Crippen molar-refractivity contribution >= 4 is 0 Å². The van der Waals surface area contributed by atoms with E-state index < -0.39 is 0 Å². The third-order valence-electron chi connectivity index (χ3n) is 4.83. The Balaban J connectivity index is 1.80. The van der Waals surface area contributed by atoms with Crippen LogP contribution < -0.4 is 5.32 Å². The summed E-state index contributed by atoms with van der Waals surface area (Å²) in [5.41, 5.74) is 4.87. The van der Waals surface area contributed by atoms with Gasteiger partial charge in [0.25, 0.3) is 0 Å². The highest BCUT2D eigenvalue weighted by Gasteiger charge is 2.22. The lowest BCUT2D eigenvalue weighted by Gasteiger charge is -2.25. The number of benzene rings is 2. The molecule has 4 heteroatoms. The molecule has 0 atom stereocenters. The highest BCUT2D eigenvalue weighted by molar-refractivity contribution is 5.57. The van der Waals surface area contributed by atoms with Crippen LogP contribution in [0.5, 0.6) is 0 Å². The smallest absolute Gasteiger partial charge is 0.247 e. The summed E-state index contributed by atoms with van der Waals surface area (Å²) < 4.78 is 5.96. The van der Waals surface area contributed by atoms with Crippen LogP contribution in [0.3, 0.4) is 0 Å². The van der Waals surface area contributed by atoms with Gasteiger partial charge in [0.15, 0.2) is 0 Å². The minimum atomic E-state index is 0.0517. The Kier molecular flexibility index (Phi) is 5.71. The molecule has 0 aliphatic rings. The molecule has 0 unspecified atom stereocenters. The second-order valence-corrected chi connectivity index (χ2v) is 9.39. The maximum Gasteiger partial charge on any atom is 0.247 e. The molecule has 148 valence electrons. The molecule has 0 aliphatic carbocycles. The Bertz CT molecular complexity index is 883. The molecule has 0 fully saturated rings. The Morgan fingerprint density at radius 2 is 1.39 bits per heavy atom. The van der Waals surface area contributed by atoms with Crippen molar-refractivity contribution < 1.29 is 4.42 Å². The lowest BCUT2D eigenvalue weighted by atomic mass is 9.79. The van der Waals surface area contributed by atoms with Crippen molar-refractivity contribution in [2.75, 3.05) is 0 Å². The molecule has 0 bridgehead atoms. The second-order valence-electron chi connectivity index (χ2n) is 9.39. The van der Waals surface area contributed by atoms with E-state index in [1.807, 2.05) is 18.2 Å². The highest BCUT2D eigenvalue weighted by Crippen LogP contribution is 2.33. The van der Waals surface area contributed by atoms with Gasteiger partial charge in [0, 0.05) is 12.1 Å². The van der Waals surface area contributed by atoms with E-state index in [1.165, 1.54) is 16.7 Å². The number of nitrogens with zero attached hydrogens (tertiary/aromatic N) is 2. The lowest BCUT2D eigenvalue weighted by Crippen LogP contribution is -2.16. The van der Waals surface area contributed by atoms with Gasteiger partial charge in [0.05, 0.1) is 6.54 Å². The van der Waals surface area contributed by atoms with Crippen LogP contribution in [0.1, 0.15) is 64.1 Å². The number of rotatable bonds is 5. The van der Waals surface area contributed by atoms with Crippen molar-refractivity contribution in [1.29, 1.82) is 0 Å². The molecule has 1 heterocycles. The van der Waals surface area contributed by atoms with Crippen molar-refractivity contribution in [3.63, 3.8) is 0 Å². The molecular weight excluding hydrogens is 346 g/mol. The van der Waals surface area contributed by atoms with E-state index in [2.05, 4.69) is 87.4 Å². The summed E-state index contributed by atoms with van der Waals surface area (Å²) in [5.74, 6) is 1.18. The van der Waals surface area contributed by atoms with Gasteiger partial charge in [-0.05, 0) is 39.7 Å².